The van der Waals surface area contributed by atoms with Crippen LogP contribution in [0.5, 0.6) is 57.5 Å². The van der Waals surface area contributed by atoms with Gasteiger partial charge in [-0.25, -0.2) is 57.1 Å². The van der Waals surface area contributed by atoms with E-state index in [2.05, 4.69) is 68.2 Å². The number of hydrogen-bond acceptors (Lipinski definition) is 32. The molecule has 0 saturated heterocycles. The number of rotatable bonds is 37. The molecule has 0 fully saturated rings. The Hall–Kier alpha value is -14.0. The summed E-state index contributed by atoms with van der Waals surface area (Å²) >= 11 is 0. The number of ether oxygens (including phenoxy) is 10. The van der Waals surface area contributed by atoms with Gasteiger partial charge in [-0.15, -0.1) is 0 Å². The van der Waals surface area contributed by atoms with Crippen molar-refractivity contribution in [2.75, 3.05) is 66.1 Å². The van der Waals surface area contributed by atoms with Crippen LogP contribution < -0.4 is 152 Å². The molecule has 0 saturated carbocycles. The second kappa shape index (κ2) is 57.3. The summed E-state index contributed by atoms with van der Waals surface area (Å²) < 4.78 is 62.0. The van der Waals surface area contributed by atoms with Crippen LogP contribution in [0.15, 0.2) is 159 Å². The van der Waals surface area contributed by atoms with E-state index in [1.165, 1.54) is 82.9 Å². The average Bonchev–Trinajstić information content (AvgIpc) is 1.33. The third-order valence-corrected chi connectivity index (χ3v) is 16.5. The molecule has 5 aromatic carbocycles. The van der Waals surface area contributed by atoms with E-state index in [1.807, 2.05) is 49.1 Å². The summed E-state index contributed by atoms with van der Waals surface area (Å²) in [5.74, 6) is -17.8. The Bertz CT molecular complexity index is 4190. The summed E-state index contributed by atoms with van der Waals surface area (Å²) in [5, 5.41) is 98.0. The average molecular weight is 1890 g/mol. The van der Waals surface area contributed by atoms with E-state index in [0.29, 0.717) is 0 Å². The Morgan fingerprint density at radius 1 is 0.232 bits per heavy atom. The number of aryl methyl sites for hydroxylation is 2. The van der Waals surface area contributed by atoms with Crippen molar-refractivity contribution in [3.63, 3.8) is 0 Å². The standard InChI is InChI=1S/C55H50O30.C24H24N4.2BrH.10H3N/c56-46(57)16-76-36-8-28-2-30-10-42(82-22-52(68)69)32(12-40(30)80-20-50(64)65)4-34-14-45(85-25-55(74)75)35(15-44(34)84-24-54(72)73)5-33-13-41(81-21-51(66)67)31(11-43(33)83-23-53(70)71)3-29-9-37(77-17-47(58)59)27(7-39(29)79-19-49(62)63)1-26(36)6-38(28)78-18-48(60)61;1(15-27-17-7-23(8-18-27)21-3-11-25-12-4-21)2-16-28-19-9-24(10-20-28)22-5-13-26-14-6-22;;;;;;;;;;;;/h6-15H,1-5,16-25H2,(H,56,57)(H,58,59)(H,60,61)(H,62,63)(H,64,65)(H,66,67)(H,68,69)(H,70,71)(H,72,73)(H,74,75);3-14,17-20H,1-2,15-16H2;2*1H;10*1H3/q;+2;;;;;;;;;;;;/p-2. The van der Waals surface area contributed by atoms with E-state index in [9.17, 15) is 99.0 Å². The van der Waals surface area contributed by atoms with Crippen molar-refractivity contribution in [2.24, 2.45) is 0 Å². The molecule has 19 rings (SSSR count). The van der Waals surface area contributed by atoms with Crippen LogP contribution in [0.3, 0.4) is 0 Å². The molecule has 4 aromatic heterocycles. The van der Waals surface area contributed by atoms with Gasteiger partial charge < -0.3 is 194 Å². The molecule has 0 radical (unpaired) electrons. The number of carboxylic acids is 10. The molecule has 125 heavy (non-hydrogen) atoms. The largest absolute Gasteiger partial charge is 1.00 e. The zero-order valence-corrected chi connectivity index (χ0v) is 70.9. The predicted octanol–water partition coefficient (Wildman–Crippen LogP) is 2.08. The van der Waals surface area contributed by atoms with Gasteiger partial charge in [-0.3, -0.25) is 9.97 Å². The van der Waals surface area contributed by atoms with E-state index < -0.39 is 158 Å². The molecule has 10 bridgehead atoms. The lowest BCUT2D eigenvalue weighted by Crippen LogP contribution is -3.00. The molecule has 0 unspecified atom stereocenters. The van der Waals surface area contributed by atoms with Gasteiger partial charge in [-0.1, -0.05) is 0 Å². The first-order valence-electron chi connectivity index (χ1n) is 34.2. The van der Waals surface area contributed by atoms with Crippen LogP contribution in [0.1, 0.15) is 68.5 Å². The number of benzene rings is 5. The quantitative estimate of drug-likeness (QED) is 0.0196. The third kappa shape index (κ3) is 36.7. The number of carbonyl (C=O) groups is 10. The van der Waals surface area contributed by atoms with Crippen LogP contribution >= 0.6 is 0 Å². The van der Waals surface area contributed by atoms with Crippen molar-refractivity contribution in [1.29, 1.82) is 0 Å². The molecule has 10 aliphatic carbocycles. The number of nitrogens with zero attached hydrogens (tertiary/aromatic N) is 4. The second-order valence-corrected chi connectivity index (χ2v) is 24.9. The molecule has 44 nitrogen and oxygen atoms in total. The van der Waals surface area contributed by atoms with Gasteiger partial charge in [0.25, 0.3) is 0 Å². The highest BCUT2D eigenvalue weighted by molar-refractivity contribution is 5.74. The number of unbranched alkanes of at least 4 members (excludes halogenated alkanes) is 1. The number of halogens is 2. The minimum Gasteiger partial charge on any atom is -1.00 e. The van der Waals surface area contributed by atoms with Crippen LogP contribution in [-0.4, -0.2) is 187 Å². The monoisotopic (exact) mass is 1890 g/mol. The van der Waals surface area contributed by atoms with Gasteiger partial charge in [-0.05, 0) is 107 Å². The van der Waals surface area contributed by atoms with Gasteiger partial charge in [0.05, 0.1) is 0 Å². The summed E-state index contributed by atoms with van der Waals surface area (Å²) in [6, 6.07) is 28.9. The fraction of sp³-hybridized carbons (Fsp3) is 0.241. The molecule has 9 aromatic rings. The topological polar surface area (TPSA) is 849 Å². The molecule has 684 valence electrons. The Labute approximate surface area is 735 Å². The Morgan fingerprint density at radius 3 is 0.488 bits per heavy atom. The molecule has 0 atom stereocenters. The Balaban J connectivity index is -0.00000155. The fourth-order valence-electron chi connectivity index (χ4n) is 11.6. The van der Waals surface area contributed by atoms with Gasteiger partial charge in [-0.2, -0.15) is 0 Å². The molecular formula is C79H104Br2N14O30. The van der Waals surface area contributed by atoms with Crippen LogP contribution in [0.25, 0.3) is 22.3 Å². The van der Waals surface area contributed by atoms with Crippen molar-refractivity contribution in [1.82, 2.24) is 71.5 Å². The number of carboxylic acid groups (broad SMARTS) is 10. The molecule has 0 amide bonds. The van der Waals surface area contributed by atoms with Crippen LogP contribution in [-0.2, 0) is 93.1 Å². The van der Waals surface area contributed by atoms with Gasteiger partial charge in [0.2, 0.25) is 0 Å². The van der Waals surface area contributed by atoms with Crippen LogP contribution in [0.2, 0.25) is 0 Å². The lowest BCUT2D eigenvalue weighted by molar-refractivity contribution is -0.708. The summed E-state index contributed by atoms with van der Waals surface area (Å²) in [6.07, 6.45) is 15.9. The van der Waals surface area contributed by atoms with Crippen molar-refractivity contribution in [2.45, 2.75) is 58.0 Å². The number of hydrogen-bond donors (Lipinski definition) is 20. The Morgan fingerprint density at radius 2 is 0.360 bits per heavy atom. The van der Waals surface area contributed by atoms with Crippen LogP contribution in [0.4, 0.5) is 0 Å². The molecule has 46 heteroatoms. The summed E-state index contributed by atoms with van der Waals surface area (Å²) in [4.78, 5) is 129. The van der Waals surface area contributed by atoms with E-state index in [0.717, 1.165) is 25.9 Å². The molecule has 10 aliphatic rings. The Kier molecular flexibility index (Phi) is 53.7. The first kappa shape index (κ1) is 117. The second-order valence-electron chi connectivity index (χ2n) is 24.9. The fourth-order valence-corrected chi connectivity index (χ4v) is 11.6. The smallest absolute Gasteiger partial charge is 0.341 e. The van der Waals surface area contributed by atoms with E-state index in [1.54, 1.807) is 0 Å². The molecule has 0 aliphatic heterocycles. The van der Waals surface area contributed by atoms with Crippen LogP contribution in [0, 0.1) is 0 Å². The normalized spacial score (nSPS) is 10.2. The van der Waals surface area contributed by atoms with Crippen molar-refractivity contribution >= 4 is 59.7 Å². The van der Waals surface area contributed by atoms with E-state index in [-0.39, 0.29) is 209 Å². The number of pyridine rings is 4. The molecule has 0 spiro atoms. The lowest BCUT2D eigenvalue weighted by Gasteiger charge is -2.21. The first-order chi connectivity index (χ1) is 54.2. The highest BCUT2D eigenvalue weighted by Crippen LogP contribution is 2.43. The maximum absolute atomic E-state index is 12.1. The zero-order chi connectivity index (χ0) is 81.1. The van der Waals surface area contributed by atoms with Gasteiger partial charge in [0.15, 0.2) is 90.9 Å². The molecular weight excluding hydrogens is 1780 g/mol. The lowest BCUT2D eigenvalue weighted by atomic mass is 9.94. The van der Waals surface area contributed by atoms with Gasteiger partial charge >= 0.3 is 59.7 Å². The van der Waals surface area contributed by atoms with E-state index >= 15 is 0 Å². The summed E-state index contributed by atoms with van der Waals surface area (Å²) in [6.45, 7) is -8.25. The van der Waals surface area contributed by atoms with Crippen molar-refractivity contribution < 1.29 is 189 Å². The maximum Gasteiger partial charge on any atom is 0.341 e. The SMILES string of the molecule is N.N.N.N.N.N.N.N.N.N.O=C(O)COc1cc2c(OCC(=O)O)cc1Cc1cc(OCC(=O)O)c(cc1OCC(=O)O)Cc1cc(OCC(=O)O)c(cc1OCC(=O)O)Cc1cc(OCC(=O)O)c(cc1OCC(=O)O)Cc1cc(OCC(=O)O)c(cc1OCC(=O)O)C2.[Br-].[Br-].c1cc(-c2cc[n+](CCCC[n+]3ccc(-c4ccncc4)cc3)cc2)ccn1. The predicted molar refractivity (Wildman–Crippen MR) is 437 cm³/mol. The minimum absolute atomic E-state index is 0. The molecule has 40 N–H and O–H groups in total. The number of aromatic nitrogens is 4. The maximum atomic E-state index is 12.1. The third-order valence-electron chi connectivity index (χ3n) is 16.5. The van der Waals surface area contributed by atoms with Gasteiger partial charge in [0.1, 0.15) is 70.6 Å². The van der Waals surface area contributed by atoms with Crippen molar-refractivity contribution in [3.05, 3.63) is 214 Å². The highest BCUT2D eigenvalue weighted by atomic mass is 79.9. The summed E-state index contributed by atoms with van der Waals surface area (Å²) in [5.41, 5.74) is 4.53. The first-order valence-corrected chi connectivity index (χ1v) is 34.2. The minimum atomic E-state index is -1.50. The number of aliphatic carboxylic acids is 10. The van der Waals surface area contributed by atoms with Crippen molar-refractivity contribution in [3.8, 4) is 79.7 Å². The van der Waals surface area contributed by atoms with E-state index in [4.69, 9.17) is 47.4 Å². The van der Waals surface area contributed by atoms with Gasteiger partial charge in [0, 0.05) is 150 Å². The zero-order valence-electron chi connectivity index (χ0n) is 67.7. The summed E-state index contributed by atoms with van der Waals surface area (Å²) in [7, 11) is 0. The molecule has 4 heterocycles. The highest BCUT2D eigenvalue weighted by Gasteiger charge is 2.27.